The Hall–Kier alpha value is -1.37. The molecule has 0 radical (unpaired) electrons. The van der Waals surface area contributed by atoms with Crippen molar-refractivity contribution in [2.75, 3.05) is 0 Å². The largest absolute Gasteiger partial charge is 0.481 e. The minimum absolute atomic E-state index is 0.115. The monoisotopic (exact) mass is 412 g/mol. The normalized spacial score (nSPS) is 33.6. The van der Waals surface area contributed by atoms with Gasteiger partial charge >= 0.3 is 7.12 Å². The van der Waals surface area contributed by atoms with Crippen LogP contribution in [-0.4, -0.2) is 36.7 Å². The SMILES string of the molecule is CC(C)CC(NC(=O)C(N)Cc1ccccc1)B1O[C@H]2C[C@@H]3C[C@@H](C3(C)C)[C@]2(C)O1. The van der Waals surface area contributed by atoms with Crippen molar-refractivity contribution < 1.29 is 14.1 Å². The van der Waals surface area contributed by atoms with Gasteiger partial charge in [-0.2, -0.15) is 0 Å². The molecule has 1 heterocycles. The Labute approximate surface area is 181 Å². The van der Waals surface area contributed by atoms with Gasteiger partial charge in [0.2, 0.25) is 5.91 Å². The minimum Gasteiger partial charge on any atom is -0.404 e. The molecule has 4 fully saturated rings. The summed E-state index contributed by atoms with van der Waals surface area (Å²) >= 11 is 0. The lowest BCUT2D eigenvalue weighted by molar-refractivity contribution is -0.199. The summed E-state index contributed by atoms with van der Waals surface area (Å²) in [7, 11) is -0.412. The van der Waals surface area contributed by atoms with Gasteiger partial charge in [-0.1, -0.05) is 58.0 Å². The van der Waals surface area contributed by atoms with Crippen LogP contribution in [0.4, 0.5) is 0 Å². The predicted octanol–water partition coefficient (Wildman–Crippen LogP) is 3.35. The first-order valence-corrected chi connectivity index (χ1v) is 11.5. The topological polar surface area (TPSA) is 73.6 Å². The highest BCUT2D eigenvalue weighted by Gasteiger charge is 2.68. The summed E-state index contributed by atoms with van der Waals surface area (Å²) in [4.78, 5) is 12.9. The number of rotatable bonds is 7. The zero-order valence-electron chi connectivity index (χ0n) is 19.1. The third kappa shape index (κ3) is 3.83. The van der Waals surface area contributed by atoms with Crippen LogP contribution < -0.4 is 11.1 Å². The van der Waals surface area contributed by atoms with Crippen LogP contribution >= 0.6 is 0 Å². The fourth-order valence-electron chi connectivity index (χ4n) is 6.07. The summed E-state index contributed by atoms with van der Waals surface area (Å²) in [5.41, 5.74) is 7.34. The minimum atomic E-state index is -0.590. The lowest BCUT2D eigenvalue weighted by Gasteiger charge is -2.64. The van der Waals surface area contributed by atoms with E-state index < -0.39 is 13.2 Å². The fraction of sp³-hybridized carbons (Fsp3) is 0.708. The van der Waals surface area contributed by atoms with E-state index in [0.29, 0.717) is 29.6 Å². The van der Waals surface area contributed by atoms with E-state index in [1.807, 2.05) is 30.3 Å². The Balaban J connectivity index is 1.44. The molecule has 5 nitrogen and oxygen atoms in total. The first-order chi connectivity index (χ1) is 14.1. The first kappa shape index (κ1) is 21.9. The number of amides is 1. The summed E-state index contributed by atoms with van der Waals surface area (Å²) in [5.74, 6) is 1.30. The molecule has 164 valence electrons. The molecule has 3 N–H and O–H groups in total. The molecular weight excluding hydrogens is 375 g/mol. The van der Waals surface area contributed by atoms with Crippen LogP contribution in [0.25, 0.3) is 0 Å². The van der Waals surface area contributed by atoms with Gasteiger partial charge < -0.3 is 20.4 Å². The van der Waals surface area contributed by atoms with Crippen molar-refractivity contribution in [1.29, 1.82) is 0 Å². The summed E-state index contributed by atoms with van der Waals surface area (Å²) in [6.07, 6.45) is 3.70. The Morgan fingerprint density at radius 2 is 1.93 bits per heavy atom. The molecule has 1 saturated heterocycles. The molecule has 3 saturated carbocycles. The average molecular weight is 412 g/mol. The highest BCUT2D eigenvalue weighted by atomic mass is 16.7. The zero-order valence-corrected chi connectivity index (χ0v) is 19.1. The fourth-order valence-corrected chi connectivity index (χ4v) is 6.07. The summed E-state index contributed by atoms with van der Waals surface area (Å²) in [6, 6.07) is 9.32. The number of benzene rings is 1. The smallest absolute Gasteiger partial charge is 0.404 e. The van der Waals surface area contributed by atoms with Gasteiger partial charge in [-0.3, -0.25) is 4.79 Å². The van der Waals surface area contributed by atoms with Crippen LogP contribution in [0.2, 0.25) is 0 Å². The molecule has 2 unspecified atom stereocenters. The predicted molar refractivity (Wildman–Crippen MR) is 120 cm³/mol. The number of hydrogen-bond donors (Lipinski definition) is 2. The second-order valence-electron chi connectivity index (χ2n) is 10.9. The molecule has 6 heteroatoms. The molecule has 4 aliphatic rings. The van der Waals surface area contributed by atoms with Gasteiger partial charge in [-0.05, 0) is 61.3 Å². The molecule has 1 aromatic rings. The molecular formula is C24H37BN2O3. The summed E-state index contributed by atoms with van der Waals surface area (Å²) in [6.45, 7) is 11.3. The first-order valence-electron chi connectivity index (χ1n) is 11.5. The van der Waals surface area contributed by atoms with Gasteiger partial charge in [0.05, 0.1) is 23.7 Å². The lowest BCUT2D eigenvalue weighted by Crippen LogP contribution is -2.65. The van der Waals surface area contributed by atoms with Gasteiger partial charge in [0.15, 0.2) is 0 Å². The van der Waals surface area contributed by atoms with Crippen molar-refractivity contribution >= 4 is 13.0 Å². The third-order valence-electron chi connectivity index (χ3n) is 7.99. The van der Waals surface area contributed by atoms with E-state index in [2.05, 4.69) is 39.9 Å². The number of hydrogen-bond acceptors (Lipinski definition) is 4. The maximum absolute atomic E-state index is 12.9. The third-order valence-corrected chi connectivity index (χ3v) is 7.99. The van der Waals surface area contributed by atoms with Crippen LogP contribution in [0.3, 0.4) is 0 Å². The second-order valence-corrected chi connectivity index (χ2v) is 10.9. The average Bonchev–Trinajstić information content (AvgIpc) is 3.04. The highest BCUT2D eigenvalue weighted by Crippen LogP contribution is 2.65. The van der Waals surface area contributed by atoms with E-state index in [-0.39, 0.29) is 23.6 Å². The molecule has 30 heavy (non-hydrogen) atoms. The van der Waals surface area contributed by atoms with E-state index in [1.165, 1.54) is 6.42 Å². The molecule has 2 bridgehead atoms. The van der Waals surface area contributed by atoms with Crippen LogP contribution in [0.15, 0.2) is 30.3 Å². The van der Waals surface area contributed by atoms with E-state index in [9.17, 15) is 4.79 Å². The quantitative estimate of drug-likeness (QED) is 0.674. The van der Waals surface area contributed by atoms with Gasteiger partial charge in [0.1, 0.15) is 0 Å². The maximum atomic E-state index is 12.9. The van der Waals surface area contributed by atoms with Crippen molar-refractivity contribution in [3.8, 4) is 0 Å². The lowest BCUT2D eigenvalue weighted by atomic mass is 9.43. The van der Waals surface area contributed by atoms with Crippen LogP contribution in [0, 0.1) is 23.2 Å². The summed E-state index contributed by atoms with van der Waals surface area (Å²) in [5, 5.41) is 3.17. The molecule has 1 amide bonds. The van der Waals surface area contributed by atoms with Crippen molar-refractivity contribution in [1.82, 2.24) is 5.32 Å². The second kappa shape index (κ2) is 7.96. The zero-order chi connectivity index (χ0) is 21.7. The molecule has 0 aromatic heterocycles. The van der Waals surface area contributed by atoms with Crippen molar-refractivity contribution in [2.24, 2.45) is 28.9 Å². The summed E-state index contributed by atoms with van der Waals surface area (Å²) < 4.78 is 13.1. The van der Waals surface area contributed by atoms with Crippen LogP contribution in [0.1, 0.15) is 59.4 Å². The number of nitrogens with two attached hydrogens (primary N) is 1. The molecule has 3 aliphatic carbocycles. The van der Waals surface area contributed by atoms with Gasteiger partial charge in [-0.25, -0.2) is 0 Å². The molecule has 1 aliphatic heterocycles. The van der Waals surface area contributed by atoms with Crippen LogP contribution in [-0.2, 0) is 20.5 Å². The highest BCUT2D eigenvalue weighted by molar-refractivity contribution is 6.47. The van der Waals surface area contributed by atoms with E-state index in [4.69, 9.17) is 15.0 Å². The molecule has 1 aromatic carbocycles. The van der Waals surface area contributed by atoms with Gasteiger partial charge in [0.25, 0.3) is 0 Å². The standard InChI is InChI=1S/C24H37BN2O3/c1-15(2)11-21(27-22(28)18(26)12-16-9-7-6-8-10-16)25-29-20-14-17-13-19(23(17,3)4)24(20,5)30-25/h6-10,15,17-21H,11-14,26H2,1-5H3,(H,27,28)/t17-,18?,19-,20-,21?,24-/m0/s1. The maximum Gasteiger partial charge on any atom is 0.481 e. The van der Waals surface area contributed by atoms with Gasteiger partial charge in [-0.15, -0.1) is 0 Å². The number of carbonyl (C=O) groups is 1. The van der Waals surface area contributed by atoms with Crippen molar-refractivity contribution in [3.05, 3.63) is 35.9 Å². The number of nitrogens with one attached hydrogen (secondary N) is 1. The Morgan fingerprint density at radius 1 is 1.23 bits per heavy atom. The van der Waals surface area contributed by atoms with Crippen molar-refractivity contribution in [3.63, 3.8) is 0 Å². The van der Waals surface area contributed by atoms with Crippen LogP contribution in [0.5, 0.6) is 0 Å². The Kier molecular flexibility index (Phi) is 5.80. The Morgan fingerprint density at radius 3 is 2.57 bits per heavy atom. The Bertz CT molecular complexity index is 771. The molecule has 0 spiro atoms. The van der Waals surface area contributed by atoms with E-state index in [0.717, 1.165) is 18.4 Å². The van der Waals surface area contributed by atoms with Gasteiger partial charge in [0, 0.05) is 0 Å². The van der Waals surface area contributed by atoms with Crippen molar-refractivity contribution in [2.45, 2.75) is 84.0 Å². The molecule has 6 atom stereocenters. The number of carbonyl (C=O) groups excluding carboxylic acids is 1. The van der Waals surface area contributed by atoms with E-state index >= 15 is 0 Å². The van der Waals surface area contributed by atoms with E-state index in [1.54, 1.807) is 0 Å². The molecule has 5 rings (SSSR count).